The van der Waals surface area contributed by atoms with Gasteiger partial charge in [0.25, 0.3) is 0 Å². The Hall–Kier alpha value is -0.260. The Balaban J connectivity index is 3.11. The van der Waals surface area contributed by atoms with Gasteiger partial charge in [-0.3, -0.25) is 0 Å². The number of rotatable bonds is 0. The SMILES string of the molecule is [N]=C=CCl. The van der Waals surface area contributed by atoms with Crippen LogP contribution in [0.2, 0.25) is 0 Å². The highest BCUT2D eigenvalue weighted by Gasteiger charge is 1.32. The van der Waals surface area contributed by atoms with E-state index in [1.54, 1.807) is 5.87 Å². The minimum Gasteiger partial charge on any atom is -0.0960 e. The number of hydrogen-bond acceptors (Lipinski definition) is 0. The summed E-state index contributed by atoms with van der Waals surface area (Å²) in [6, 6.07) is 0. The molecule has 0 bridgehead atoms. The van der Waals surface area contributed by atoms with E-state index in [9.17, 15) is 0 Å². The number of hydrogen-bond donors (Lipinski definition) is 0. The second-order valence-electron chi connectivity index (χ2n) is 0.238. The lowest BCUT2D eigenvalue weighted by Gasteiger charge is -1.30. The van der Waals surface area contributed by atoms with Crippen LogP contribution in [0.5, 0.6) is 0 Å². The van der Waals surface area contributed by atoms with Crippen molar-refractivity contribution in [3.05, 3.63) is 5.54 Å². The topological polar surface area (TPSA) is 22.3 Å². The van der Waals surface area contributed by atoms with E-state index < -0.39 is 0 Å². The van der Waals surface area contributed by atoms with Crippen molar-refractivity contribution < 1.29 is 0 Å². The molecular formula is C2HClN. The Morgan fingerprint density at radius 3 is 2.25 bits per heavy atom. The third-order valence-electron chi connectivity index (χ3n) is 0.0488. The maximum absolute atomic E-state index is 7.44. The smallest absolute Gasteiger partial charge is 0.0677 e. The molecule has 0 aliphatic rings. The van der Waals surface area contributed by atoms with Crippen molar-refractivity contribution in [1.82, 2.24) is 5.41 Å². The highest BCUT2D eigenvalue weighted by Crippen LogP contribution is 1.58. The molecule has 0 aromatic heterocycles. The van der Waals surface area contributed by atoms with Crippen LogP contribution in [0.15, 0.2) is 5.54 Å². The van der Waals surface area contributed by atoms with Gasteiger partial charge in [0.05, 0.1) is 5.54 Å². The van der Waals surface area contributed by atoms with Crippen LogP contribution in [-0.4, -0.2) is 5.87 Å². The molecule has 0 atom stereocenters. The lowest BCUT2D eigenvalue weighted by Crippen LogP contribution is -1.35. The lowest BCUT2D eigenvalue weighted by atomic mass is 11.2. The quantitative estimate of drug-likeness (QED) is 0.367. The summed E-state index contributed by atoms with van der Waals surface area (Å²) >= 11 is 4.70. The van der Waals surface area contributed by atoms with Crippen LogP contribution in [-0.2, 0) is 0 Å². The Morgan fingerprint density at radius 2 is 2.25 bits per heavy atom. The number of halogens is 1. The van der Waals surface area contributed by atoms with E-state index in [0.717, 1.165) is 5.54 Å². The van der Waals surface area contributed by atoms with Gasteiger partial charge in [-0.15, -0.1) is 0 Å². The zero-order valence-corrected chi connectivity index (χ0v) is 2.66. The van der Waals surface area contributed by atoms with Crippen molar-refractivity contribution in [2.24, 2.45) is 0 Å². The van der Waals surface area contributed by atoms with Gasteiger partial charge >= 0.3 is 0 Å². The molecule has 1 nitrogen and oxygen atoms in total. The fourth-order valence-corrected chi connectivity index (χ4v) is 0. The van der Waals surface area contributed by atoms with Crippen molar-refractivity contribution in [2.75, 3.05) is 0 Å². The van der Waals surface area contributed by atoms with Gasteiger partial charge in [-0.1, -0.05) is 17.0 Å². The fraction of sp³-hybridized carbons (Fsp3) is 0. The molecule has 0 aliphatic carbocycles. The summed E-state index contributed by atoms with van der Waals surface area (Å²) in [4.78, 5) is 0. The second-order valence-corrected chi connectivity index (χ2v) is 0.456. The van der Waals surface area contributed by atoms with Crippen molar-refractivity contribution in [1.29, 1.82) is 0 Å². The first-order chi connectivity index (χ1) is 1.91. The normalized spacial score (nSPS) is 4.25. The van der Waals surface area contributed by atoms with E-state index >= 15 is 0 Å². The second kappa shape index (κ2) is 2.74. The first-order valence-corrected chi connectivity index (χ1v) is 1.17. The molecule has 0 spiro atoms. The summed E-state index contributed by atoms with van der Waals surface area (Å²) in [6.07, 6.45) is 0. The molecule has 0 fully saturated rings. The summed E-state index contributed by atoms with van der Waals surface area (Å²) in [7, 11) is 0. The fourth-order valence-electron chi connectivity index (χ4n) is 0. The molecule has 0 unspecified atom stereocenters. The molecular weight excluding hydrogens is 73.5 g/mol. The third kappa shape index (κ3) is 1.74. The van der Waals surface area contributed by atoms with Gasteiger partial charge in [0, 0.05) is 5.87 Å². The van der Waals surface area contributed by atoms with Gasteiger partial charge in [-0.05, 0) is 0 Å². The molecule has 0 N–H and O–H groups in total. The summed E-state index contributed by atoms with van der Waals surface area (Å²) in [6.45, 7) is 0. The standard InChI is InChI=1S/C2HClN/c3-1-2-4/h1H. The molecule has 0 saturated carbocycles. The molecule has 2 heteroatoms. The minimum absolute atomic E-state index is 0.903. The average Bonchev–Trinajstić information content (AvgIpc) is 1.37. The van der Waals surface area contributed by atoms with Crippen LogP contribution in [0.25, 0.3) is 0 Å². The minimum atomic E-state index is 0.903. The zero-order valence-electron chi connectivity index (χ0n) is 1.90. The summed E-state index contributed by atoms with van der Waals surface area (Å²) in [5.41, 5.74) is 0.903. The molecule has 0 aromatic rings. The monoisotopic (exact) mass is 74.0 g/mol. The van der Waals surface area contributed by atoms with Gasteiger partial charge in [0.1, 0.15) is 0 Å². The Morgan fingerprint density at radius 1 is 2.00 bits per heavy atom. The molecule has 0 amide bonds. The molecule has 0 rings (SSSR count). The van der Waals surface area contributed by atoms with Crippen LogP contribution < -0.4 is 5.41 Å². The van der Waals surface area contributed by atoms with Crippen LogP contribution in [0.4, 0.5) is 0 Å². The molecule has 0 aliphatic heterocycles. The van der Waals surface area contributed by atoms with E-state index in [4.69, 9.17) is 17.0 Å². The maximum Gasteiger partial charge on any atom is 0.0677 e. The molecule has 4 heavy (non-hydrogen) atoms. The first-order valence-electron chi connectivity index (χ1n) is 0.730. The highest BCUT2D eigenvalue weighted by atomic mass is 35.5. The van der Waals surface area contributed by atoms with Gasteiger partial charge in [-0.25, -0.2) is 0 Å². The Bertz CT molecular complexity index is 44.0. The predicted octanol–water partition coefficient (Wildman–Crippen LogP) is 0.209. The van der Waals surface area contributed by atoms with E-state index in [2.05, 4.69) is 0 Å². The van der Waals surface area contributed by atoms with Crippen molar-refractivity contribution in [3.63, 3.8) is 0 Å². The van der Waals surface area contributed by atoms with E-state index in [-0.39, 0.29) is 0 Å². The van der Waals surface area contributed by atoms with Gasteiger partial charge in [-0.2, -0.15) is 0 Å². The lowest BCUT2D eigenvalue weighted by molar-refractivity contribution is 1.95. The van der Waals surface area contributed by atoms with Crippen molar-refractivity contribution in [3.8, 4) is 0 Å². The Kier molecular flexibility index (Phi) is 2.56. The highest BCUT2D eigenvalue weighted by molar-refractivity contribution is 6.28. The van der Waals surface area contributed by atoms with Crippen molar-refractivity contribution >= 4 is 17.5 Å². The van der Waals surface area contributed by atoms with E-state index in [0.29, 0.717) is 0 Å². The van der Waals surface area contributed by atoms with Crippen molar-refractivity contribution in [2.45, 2.75) is 0 Å². The molecule has 0 aromatic carbocycles. The van der Waals surface area contributed by atoms with Crippen LogP contribution in [0, 0.1) is 0 Å². The van der Waals surface area contributed by atoms with Gasteiger partial charge in [0.15, 0.2) is 0 Å². The zero-order chi connectivity index (χ0) is 3.41. The van der Waals surface area contributed by atoms with Gasteiger partial charge in [0.2, 0.25) is 0 Å². The maximum atomic E-state index is 7.44. The van der Waals surface area contributed by atoms with Crippen LogP contribution in [0.1, 0.15) is 0 Å². The van der Waals surface area contributed by atoms with Crippen LogP contribution >= 0.6 is 11.6 Å². The molecule has 0 heterocycles. The largest absolute Gasteiger partial charge is 0.0960 e. The summed E-state index contributed by atoms with van der Waals surface area (Å²) < 4.78 is 0. The molecule has 21 valence electrons. The molecule has 0 saturated heterocycles. The first kappa shape index (κ1) is 3.74. The summed E-state index contributed by atoms with van der Waals surface area (Å²) in [5.74, 6) is 1.57. The predicted molar refractivity (Wildman–Crippen MR) is 17.6 cm³/mol. The van der Waals surface area contributed by atoms with Crippen LogP contribution in [0.3, 0.4) is 0 Å². The third-order valence-corrected chi connectivity index (χ3v) is 0.146. The van der Waals surface area contributed by atoms with Gasteiger partial charge < -0.3 is 0 Å². The number of nitrogens with zero attached hydrogens (tertiary/aromatic N) is 1. The van der Waals surface area contributed by atoms with E-state index in [1.807, 2.05) is 0 Å². The Labute approximate surface area is 29.4 Å². The average molecular weight is 74.5 g/mol. The van der Waals surface area contributed by atoms with E-state index in [1.165, 1.54) is 0 Å². The molecule has 1 radical (unpaired) electrons. The summed E-state index contributed by atoms with van der Waals surface area (Å²) in [5, 5.41) is 7.44.